The molecule has 0 aliphatic carbocycles. The number of morpholine rings is 1. The smallest absolute Gasteiger partial charge is 0.129 e. The quantitative estimate of drug-likeness (QED) is 0.809. The fraction of sp³-hybridized carbons (Fsp3) is 0.438. The Labute approximate surface area is 129 Å². The maximum Gasteiger partial charge on any atom is 0.129 e. The number of rotatable bonds is 1. The molecule has 0 spiro atoms. The third-order valence-corrected chi connectivity index (χ3v) is 4.90. The molecule has 1 aromatic heterocycles. The average molecular weight is 304 g/mol. The second-order valence-electron chi connectivity index (χ2n) is 5.84. The van der Waals surface area contributed by atoms with Crippen molar-refractivity contribution in [3.8, 4) is 0 Å². The van der Waals surface area contributed by atoms with Crippen LogP contribution < -0.4 is 4.90 Å². The van der Waals surface area contributed by atoms with Crippen molar-refractivity contribution in [1.29, 1.82) is 0 Å². The van der Waals surface area contributed by atoms with Gasteiger partial charge in [0.15, 0.2) is 0 Å². The first-order valence-electron chi connectivity index (χ1n) is 7.34. The summed E-state index contributed by atoms with van der Waals surface area (Å²) in [6.45, 7) is 3.72. The SMILES string of the molecule is CN1CCO[C@@H]2CN(c3ccc4c(Cl)cccc4n3)C[C@@H]21. The van der Waals surface area contributed by atoms with Crippen LogP contribution in [0, 0.1) is 0 Å². The standard InChI is InChI=1S/C16H18ClN3O/c1-19-7-8-21-15-10-20(9-14(15)19)16-6-5-11-12(17)3-2-4-13(11)18-16/h2-6,14-15H,7-10H2,1H3/t14-,15+/m0/s1. The molecule has 5 heteroatoms. The molecular weight excluding hydrogens is 286 g/mol. The van der Waals surface area contributed by atoms with E-state index in [1.807, 2.05) is 18.2 Å². The van der Waals surface area contributed by atoms with Crippen LogP contribution in [0.25, 0.3) is 10.9 Å². The van der Waals surface area contributed by atoms with Gasteiger partial charge in [0, 0.05) is 30.0 Å². The summed E-state index contributed by atoms with van der Waals surface area (Å²) in [6, 6.07) is 10.4. The Bertz CT molecular complexity index is 678. The number of benzene rings is 1. The molecule has 2 saturated heterocycles. The molecule has 0 radical (unpaired) electrons. The predicted octanol–water partition coefficient (Wildman–Crippen LogP) is 2.41. The van der Waals surface area contributed by atoms with E-state index in [9.17, 15) is 0 Å². The lowest BCUT2D eigenvalue weighted by Gasteiger charge is -2.33. The number of likely N-dealkylation sites (N-methyl/N-ethyl adjacent to an activating group) is 1. The van der Waals surface area contributed by atoms with Gasteiger partial charge in [-0.1, -0.05) is 17.7 Å². The van der Waals surface area contributed by atoms with E-state index < -0.39 is 0 Å². The number of nitrogens with zero attached hydrogens (tertiary/aromatic N) is 3. The number of hydrogen-bond acceptors (Lipinski definition) is 4. The van der Waals surface area contributed by atoms with Gasteiger partial charge in [0.05, 0.1) is 24.3 Å². The molecule has 4 nitrogen and oxygen atoms in total. The minimum absolute atomic E-state index is 0.292. The highest BCUT2D eigenvalue weighted by atomic mass is 35.5. The summed E-state index contributed by atoms with van der Waals surface area (Å²) in [5, 5.41) is 1.76. The van der Waals surface area contributed by atoms with Crippen LogP contribution in [0.3, 0.4) is 0 Å². The maximum absolute atomic E-state index is 6.21. The molecule has 0 amide bonds. The Balaban J connectivity index is 1.65. The zero-order valence-electron chi connectivity index (χ0n) is 12.0. The molecule has 2 aliphatic heterocycles. The van der Waals surface area contributed by atoms with Crippen LogP contribution in [0.2, 0.25) is 5.02 Å². The summed E-state index contributed by atoms with van der Waals surface area (Å²) in [5.41, 5.74) is 0.948. The molecule has 0 saturated carbocycles. The van der Waals surface area contributed by atoms with Gasteiger partial charge in [-0.2, -0.15) is 0 Å². The van der Waals surface area contributed by atoms with Crippen LogP contribution in [0.5, 0.6) is 0 Å². The summed E-state index contributed by atoms with van der Waals surface area (Å²) in [4.78, 5) is 9.48. The lowest BCUT2D eigenvalue weighted by Crippen LogP contribution is -2.48. The molecule has 0 N–H and O–H groups in total. The molecule has 21 heavy (non-hydrogen) atoms. The fourth-order valence-corrected chi connectivity index (χ4v) is 3.56. The zero-order valence-corrected chi connectivity index (χ0v) is 12.8. The number of halogens is 1. The average Bonchev–Trinajstić information content (AvgIpc) is 2.93. The highest BCUT2D eigenvalue weighted by Gasteiger charge is 2.39. The van der Waals surface area contributed by atoms with Crippen LogP contribution in [0.15, 0.2) is 30.3 Å². The van der Waals surface area contributed by atoms with Crippen LogP contribution in [0.1, 0.15) is 0 Å². The van der Waals surface area contributed by atoms with E-state index in [1.165, 1.54) is 0 Å². The second-order valence-corrected chi connectivity index (χ2v) is 6.25. The van der Waals surface area contributed by atoms with Gasteiger partial charge in [-0.05, 0) is 31.3 Å². The predicted molar refractivity (Wildman–Crippen MR) is 85.1 cm³/mol. The van der Waals surface area contributed by atoms with Crippen molar-refractivity contribution in [3.05, 3.63) is 35.4 Å². The molecule has 2 atom stereocenters. The van der Waals surface area contributed by atoms with Crippen LogP contribution >= 0.6 is 11.6 Å². The Hall–Kier alpha value is -1.36. The van der Waals surface area contributed by atoms with Crippen LogP contribution in [0.4, 0.5) is 5.82 Å². The van der Waals surface area contributed by atoms with E-state index in [2.05, 4.69) is 29.0 Å². The minimum atomic E-state index is 0.292. The third-order valence-electron chi connectivity index (χ3n) is 4.57. The molecule has 2 aliphatic rings. The lowest BCUT2D eigenvalue weighted by molar-refractivity contribution is -0.0362. The molecule has 110 valence electrons. The monoisotopic (exact) mass is 303 g/mol. The van der Waals surface area contributed by atoms with Gasteiger partial charge >= 0.3 is 0 Å². The Kier molecular flexibility index (Phi) is 3.25. The lowest BCUT2D eigenvalue weighted by atomic mass is 10.1. The summed E-state index contributed by atoms with van der Waals surface area (Å²) in [6.07, 6.45) is 0.292. The van der Waals surface area contributed by atoms with Crippen molar-refractivity contribution in [2.24, 2.45) is 0 Å². The zero-order chi connectivity index (χ0) is 14.4. The molecule has 3 heterocycles. The van der Waals surface area contributed by atoms with E-state index >= 15 is 0 Å². The number of aromatic nitrogens is 1. The van der Waals surface area contributed by atoms with E-state index in [4.69, 9.17) is 21.3 Å². The Morgan fingerprint density at radius 1 is 1.24 bits per heavy atom. The van der Waals surface area contributed by atoms with E-state index in [1.54, 1.807) is 0 Å². The van der Waals surface area contributed by atoms with Gasteiger partial charge in [-0.3, -0.25) is 4.90 Å². The van der Waals surface area contributed by atoms with Gasteiger partial charge < -0.3 is 9.64 Å². The van der Waals surface area contributed by atoms with Crippen molar-refractivity contribution < 1.29 is 4.74 Å². The maximum atomic E-state index is 6.21. The van der Waals surface area contributed by atoms with Gasteiger partial charge in [-0.25, -0.2) is 4.98 Å². The molecular formula is C16H18ClN3O. The van der Waals surface area contributed by atoms with Crippen molar-refractivity contribution in [1.82, 2.24) is 9.88 Å². The normalized spacial score (nSPS) is 26.3. The van der Waals surface area contributed by atoms with Gasteiger partial charge in [0.25, 0.3) is 0 Å². The summed E-state index contributed by atoms with van der Waals surface area (Å²) in [5.74, 6) is 1.01. The fourth-order valence-electron chi connectivity index (χ4n) is 3.33. The van der Waals surface area contributed by atoms with E-state index in [0.717, 1.165) is 48.0 Å². The van der Waals surface area contributed by atoms with E-state index in [0.29, 0.717) is 12.1 Å². The van der Waals surface area contributed by atoms with Crippen LogP contribution in [-0.4, -0.2) is 55.3 Å². The summed E-state index contributed by atoms with van der Waals surface area (Å²) >= 11 is 6.21. The Morgan fingerprint density at radius 3 is 3.00 bits per heavy atom. The molecule has 1 aromatic carbocycles. The highest BCUT2D eigenvalue weighted by Crippen LogP contribution is 2.28. The number of pyridine rings is 1. The first-order valence-corrected chi connectivity index (χ1v) is 7.72. The van der Waals surface area contributed by atoms with Crippen molar-refractivity contribution >= 4 is 28.3 Å². The van der Waals surface area contributed by atoms with Crippen molar-refractivity contribution in [3.63, 3.8) is 0 Å². The van der Waals surface area contributed by atoms with Gasteiger partial charge in [0.1, 0.15) is 5.82 Å². The number of anilines is 1. The van der Waals surface area contributed by atoms with E-state index in [-0.39, 0.29) is 0 Å². The molecule has 4 rings (SSSR count). The molecule has 0 bridgehead atoms. The Morgan fingerprint density at radius 2 is 2.14 bits per heavy atom. The molecule has 0 unspecified atom stereocenters. The van der Waals surface area contributed by atoms with Crippen LogP contribution in [-0.2, 0) is 4.74 Å². The first-order chi connectivity index (χ1) is 10.2. The molecule has 2 fully saturated rings. The molecule has 2 aromatic rings. The minimum Gasteiger partial charge on any atom is -0.373 e. The largest absolute Gasteiger partial charge is 0.373 e. The summed E-state index contributed by atoms with van der Waals surface area (Å²) in [7, 11) is 2.18. The topological polar surface area (TPSA) is 28.6 Å². The highest BCUT2D eigenvalue weighted by molar-refractivity contribution is 6.35. The van der Waals surface area contributed by atoms with Gasteiger partial charge in [-0.15, -0.1) is 0 Å². The number of ether oxygens (including phenoxy) is 1. The van der Waals surface area contributed by atoms with Crippen molar-refractivity contribution in [2.45, 2.75) is 12.1 Å². The number of fused-ring (bicyclic) bond motifs is 2. The second kappa shape index (κ2) is 5.13. The van der Waals surface area contributed by atoms with Crippen molar-refractivity contribution in [2.75, 3.05) is 38.2 Å². The number of hydrogen-bond donors (Lipinski definition) is 0. The first kappa shape index (κ1) is 13.3. The van der Waals surface area contributed by atoms with Gasteiger partial charge in [0.2, 0.25) is 0 Å². The summed E-state index contributed by atoms with van der Waals surface area (Å²) < 4.78 is 5.90. The third kappa shape index (κ3) is 2.27.